The molecule has 112 valence electrons. The largest absolute Gasteiger partial charge is 0.477 e. The first-order valence-corrected chi connectivity index (χ1v) is 7.73. The molecule has 0 unspecified atom stereocenters. The molecule has 2 aromatic rings. The van der Waals surface area contributed by atoms with Crippen LogP contribution in [0.3, 0.4) is 0 Å². The fraction of sp³-hybridized carbons (Fsp3) is 0.308. The maximum absolute atomic E-state index is 11.4. The summed E-state index contributed by atoms with van der Waals surface area (Å²) in [7, 11) is 1.30. The summed E-state index contributed by atoms with van der Waals surface area (Å²) >= 11 is 2.49. The number of aromatic nitrogens is 1. The van der Waals surface area contributed by atoms with Crippen LogP contribution in [0, 0.1) is 13.8 Å². The predicted octanol–water partition coefficient (Wildman–Crippen LogP) is 3.13. The first kappa shape index (κ1) is 15.6. The van der Waals surface area contributed by atoms with Crippen molar-refractivity contribution in [2.24, 2.45) is 0 Å². The molecular weight excluding hydrogens is 314 g/mol. The Labute approximate surface area is 129 Å². The Morgan fingerprint density at radius 2 is 2.19 bits per heavy atom. The smallest absolute Gasteiger partial charge is 0.374 e. The minimum absolute atomic E-state index is 0.189. The van der Waals surface area contributed by atoms with E-state index >= 15 is 0 Å². The topological polar surface area (TPSA) is 89.6 Å². The van der Waals surface area contributed by atoms with E-state index in [4.69, 9.17) is 9.52 Å². The van der Waals surface area contributed by atoms with Gasteiger partial charge < -0.3 is 14.3 Å². The Hall–Kier alpha value is -1.80. The van der Waals surface area contributed by atoms with Gasteiger partial charge in [0.2, 0.25) is 5.76 Å². The van der Waals surface area contributed by atoms with Crippen molar-refractivity contribution in [2.45, 2.75) is 23.9 Å². The number of rotatable bonds is 5. The number of nitrogens with zero attached hydrogens (tertiary/aromatic N) is 1. The molecule has 0 radical (unpaired) electrons. The lowest BCUT2D eigenvalue weighted by atomic mass is 10.3. The van der Waals surface area contributed by atoms with Crippen molar-refractivity contribution in [1.29, 1.82) is 0 Å². The Bertz CT molecular complexity index is 689. The molecule has 8 heteroatoms. The van der Waals surface area contributed by atoms with Gasteiger partial charge in [0.25, 0.3) is 0 Å². The molecule has 2 heterocycles. The van der Waals surface area contributed by atoms with Gasteiger partial charge in [0.1, 0.15) is 10.6 Å². The molecule has 0 saturated heterocycles. The monoisotopic (exact) mass is 327 g/mol. The van der Waals surface area contributed by atoms with Gasteiger partial charge in [-0.05, 0) is 19.9 Å². The molecule has 2 aromatic heterocycles. The third-order valence-corrected chi connectivity index (χ3v) is 4.96. The highest BCUT2D eigenvalue weighted by atomic mass is 32.2. The SMILES string of the molecule is COC(=O)c1oc(CSc2nc(C)c(C(=O)O)s2)cc1C. The number of esters is 1. The van der Waals surface area contributed by atoms with E-state index in [9.17, 15) is 9.59 Å². The number of methoxy groups -OCH3 is 1. The first-order valence-electron chi connectivity index (χ1n) is 5.93. The van der Waals surface area contributed by atoms with Gasteiger partial charge in [-0.15, -0.1) is 11.3 Å². The zero-order chi connectivity index (χ0) is 15.6. The summed E-state index contributed by atoms with van der Waals surface area (Å²) in [6.45, 7) is 3.43. The van der Waals surface area contributed by atoms with E-state index in [1.165, 1.54) is 18.9 Å². The third-order valence-electron chi connectivity index (χ3n) is 2.65. The Balaban J connectivity index is 2.08. The van der Waals surface area contributed by atoms with Crippen LogP contribution in [0.25, 0.3) is 0 Å². The van der Waals surface area contributed by atoms with E-state index in [1.54, 1.807) is 19.9 Å². The summed E-state index contributed by atoms with van der Waals surface area (Å²) in [5.41, 5.74) is 1.21. The number of thiazole rings is 1. The van der Waals surface area contributed by atoms with Crippen LogP contribution in [0.4, 0.5) is 0 Å². The maximum Gasteiger partial charge on any atom is 0.374 e. The number of ether oxygens (including phenoxy) is 1. The summed E-state index contributed by atoms with van der Waals surface area (Å²) in [5, 5.41) is 8.98. The fourth-order valence-electron chi connectivity index (χ4n) is 1.68. The molecule has 0 amide bonds. The van der Waals surface area contributed by atoms with Gasteiger partial charge in [0.05, 0.1) is 18.6 Å². The van der Waals surface area contributed by atoms with E-state index in [2.05, 4.69) is 9.72 Å². The average molecular weight is 327 g/mol. The van der Waals surface area contributed by atoms with E-state index in [0.717, 1.165) is 11.3 Å². The standard InChI is InChI=1S/C13H13NO5S2/c1-6-4-8(19-9(6)12(17)18-3)5-20-13-14-7(2)10(21-13)11(15)16/h4H,5H2,1-3H3,(H,15,16). The van der Waals surface area contributed by atoms with Crippen molar-refractivity contribution in [1.82, 2.24) is 4.98 Å². The van der Waals surface area contributed by atoms with E-state index in [-0.39, 0.29) is 10.6 Å². The molecule has 0 aliphatic rings. The van der Waals surface area contributed by atoms with Gasteiger partial charge in [-0.3, -0.25) is 0 Å². The number of aromatic carboxylic acids is 1. The molecule has 0 spiro atoms. The van der Waals surface area contributed by atoms with Gasteiger partial charge in [0.15, 0.2) is 4.34 Å². The van der Waals surface area contributed by atoms with Crippen LogP contribution in [-0.4, -0.2) is 29.1 Å². The van der Waals surface area contributed by atoms with Crippen LogP contribution in [-0.2, 0) is 10.5 Å². The Morgan fingerprint density at radius 1 is 1.48 bits per heavy atom. The van der Waals surface area contributed by atoms with E-state index < -0.39 is 11.9 Å². The second kappa shape index (κ2) is 6.31. The Kier molecular flexibility index (Phi) is 4.69. The molecule has 0 aliphatic heterocycles. The van der Waals surface area contributed by atoms with Crippen LogP contribution in [0.5, 0.6) is 0 Å². The van der Waals surface area contributed by atoms with Gasteiger partial charge in [-0.1, -0.05) is 11.8 Å². The number of carbonyl (C=O) groups is 2. The average Bonchev–Trinajstić information content (AvgIpc) is 2.98. The number of hydrogen-bond donors (Lipinski definition) is 1. The number of aryl methyl sites for hydroxylation is 2. The quantitative estimate of drug-likeness (QED) is 0.666. The van der Waals surface area contributed by atoms with Crippen LogP contribution in [0.2, 0.25) is 0 Å². The van der Waals surface area contributed by atoms with Crippen LogP contribution in [0.15, 0.2) is 14.8 Å². The molecule has 1 N–H and O–H groups in total. The summed E-state index contributed by atoms with van der Waals surface area (Å²) in [6, 6.07) is 1.76. The highest BCUT2D eigenvalue weighted by Gasteiger charge is 2.18. The molecule has 6 nitrogen and oxygen atoms in total. The number of hydrogen-bond acceptors (Lipinski definition) is 7. The van der Waals surface area contributed by atoms with E-state index in [0.29, 0.717) is 27.1 Å². The van der Waals surface area contributed by atoms with Crippen molar-refractivity contribution in [2.75, 3.05) is 7.11 Å². The minimum atomic E-state index is -0.973. The lowest BCUT2D eigenvalue weighted by Crippen LogP contribution is -2.00. The summed E-state index contributed by atoms with van der Waals surface area (Å²) in [6.07, 6.45) is 0. The molecule has 2 rings (SSSR count). The molecular formula is C13H13NO5S2. The zero-order valence-electron chi connectivity index (χ0n) is 11.6. The molecule has 21 heavy (non-hydrogen) atoms. The van der Waals surface area contributed by atoms with Gasteiger partial charge in [0, 0.05) is 5.56 Å². The van der Waals surface area contributed by atoms with Crippen molar-refractivity contribution >= 4 is 35.0 Å². The van der Waals surface area contributed by atoms with Crippen LogP contribution in [0.1, 0.15) is 37.2 Å². The van der Waals surface area contributed by atoms with Gasteiger partial charge in [-0.25, -0.2) is 14.6 Å². The number of furan rings is 1. The lowest BCUT2D eigenvalue weighted by molar-refractivity contribution is 0.0561. The normalized spacial score (nSPS) is 10.6. The number of carbonyl (C=O) groups excluding carboxylic acids is 1. The summed E-state index contributed by atoms with van der Waals surface area (Å²) < 4.78 is 10.7. The van der Waals surface area contributed by atoms with Crippen LogP contribution >= 0.6 is 23.1 Å². The van der Waals surface area contributed by atoms with Crippen molar-refractivity contribution in [3.63, 3.8) is 0 Å². The molecule has 0 bridgehead atoms. The van der Waals surface area contributed by atoms with Crippen molar-refractivity contribution < 1.29 is 23.8 Å². The van der Waals surface area contributed by atoms with Crippen LogP contribution < -0.4 is 0 Å². The van der Waals surface area contributed by atoms with Crippen molar-refractivity contribution in [3.8, 4) is 0 Å². The van der Waals surface area contributed by atoms with E-state index in [1.807, 2.05) is 0 Å². The first-order chi connectivity index (χ1) is 9.92. The molecule has 0 fully saturated rings. The maximum atomic E-state index is 11.4. The molecule has 0 aliphatic carbocycles. The third kappa shape index (κ3) is 3.45. The van der Waals surface area contributed by atoms with Gasteiger partial charge >= 0.3 is 11.9 Å². The van der Waals surface area contributed by atoms with Crippen molar-refractivity contribution in [3.05, 3.63) is 33.7 Å². The molecule has 0 aromatic carbocycles. The predicted molar refractivity (Wildman–Crippen MR) is 78.2 cm³/mol. The number of carboxylic acid groups (broad SMARTS) is 1. The fourth-order valence-corrected chi connectivity index (χ4v) is 3.59. The minimum Gasteiger partial charge on any atom is -0.477 e. The second-order valence-electron chi connectivity index (χ2n) is 4.20. The molecule has 0 saturated carbocycles. The summed E-state index contributed by atoms with van der Waals surface area (Å²) in [4.78, 5) is 26.8. The highest BCUT2D eigenvalue weighted by molar-refractivity contribution is 8.00. The van der Waals surface area contributed by atoms with Gasteiger partial charge in [-0.2, -0.15) is 0 Å². The number of carboxylic acids is 1. The zero-order valence-corrected chi connectivity index (χ0v) is 13.3. The summed E-state index contributed by atoms with van der Waals surface area (Å²) in [5.74, 6) is -0.220. The lowest BCUT2D eigenvalue weighted by Gasteiger charge is -1.95. The second-order valence-corrected chi connectivity index (χ2v) is 6.43. The number of thioether (sulfide) groups is 1. The molecule has 0 atom stereocenters. The highest BCUT2D eigenvalue weighted by Crippen LogP contribution is 2.30. The Morgan fingerprint density at radius 3 is 2.76 bits per heavy atom.